The number of hydrogen-bond acceptors (Lipinski definition) is 8. The Hall–Kier alpha value is -4.56. The molecule has 0 saturated carbocycles. The zero-order valence-electron chi connectivity index (χ0n) is 21.8. The normalized spacial score (nSPS) is 12.2. The van der Waals surface area contributed by atoms with Crippen LogP contribution in [0.5, 0.6) is 11.6 Å². The summed E-state index contributed by atoms with van der Waals surface area (Å²) in [5.74, 6) is -0.866. The minimum Gasteiger partial charge on any atom is -0.467 e. The van der Waals surface area contributed by atoms with E-state index in [1.165, 1.54) is 35.2 Å². The summed E-state index contributed by atoms with van der Waals surface area (Å²) in [7, 11) is -4.27. The fourth-order valence-electron chi connectivity index (χ4n) is 3.66. The zero-order chi connectivity index (χ0) is 29.0. The minimum absolute atomic E-state index is 0.0464. The summed E-state index contributed by atoms with van der Waals surface area (Å²) in [6.07, 6.45) is 1.94. The summed E-state index contributed by atoms with van der Waals surface area (Å²) in [4.78, 5) is 23.3. The molecule has 0 spiro atoms. The van der Waals surface area contributed by atoms with Gasteiger partial charge in [-0.15, -0.1) is 0 Å². The van der Waals surface area contributed by atoms with E-state index in [9.17, 15) is 27.7 Å². The average molecular weight is 572 g/mol. The van der Waals surface area contributed by atoms with Crippen molar-refractivity contribution in [3.63, 3.8) is 0 Å². The smallest absolute Gasteiger partial charge is 0.272 e. The van der Waals surface area contributed by atoms with Crippen LogP contribution in [0.4, 0.5) is 10.1 Å². The summed E-state index contributed by atoms with van der Waals surface area (Å²) in [5, 5.41) is 18.5. The molecule has 2 N–H and O–H groups in total. The maximum atomic E-state index is 13.7. The van der Waals surface area contributed by atoms with E-state index in [0.29, 0.717) is 17.9 Å². The monoisotopic (exact) mass is 571 g/mol. The maximum absolute atomic E-state index is 13.7. The molecule has 4 rings (SSSR count). The first-order valence-electron chi connectivity index (χ1n) is 12.1. The molecule has 0 saturated heterocycles. The molecule has 0 aliphatic carbocycles. The first-order chi connectivity index (χ1) is 19.0. The van der Waals surface area contributed by atoms with Crippen LogP contribution in [-0.4, -0.2) is 35.1 Å². The van der Waals surface area contributed by atoms with Gasteiger partial charge in [-0.2, -0.15) is 9.78 Å². The molecule has 0 unspecified atom stereocenters. The third-order valence-corrected chi connectivity index (χ3v) is 7.57. The van der Waals surface area contributed by atoms with Crippen LogP contribution in [0.15, 0.2) is 70.2 Å². The number of rotatable bonds is 11. The van der Waals surface area contributed by atoms with Gasteiger partial charge in [-0.05, 0) is 62.7 Å². The molecule has 0 fully saturated rings. The van der Waals surface area contributed by atoms with Gasteiger partial charge in [-0.3, -0.25) is 14.9 Å². The number of carbonyl (C=O) groups is 1. The fraction of sp³-hybridized carbons (Fsp3) is 0.231. The molecule has 14 heteroatoms. The predicted octanol–water partition coefficient (Wildman–Crippen LogP) is 4.62. The van der Waals surface area contributed by atoms with Gasteiger partial charge in [-0.1, -0.05) is 6.92 Å². The average Bonchev–Trinajstić information content (AvgIpc) is 3.56. The van der Waals surface area contributed by atoms with Gasteiger partial charge in [0, 0.05) is 23.7 Å². The van der Waals surface area contributed by atoms with E-state index < -0.39 is 43.3 Å². The molecule has 1 amide bonds. The van der Waals surface area contributed by atoms with Gasteiger partial charge in [-0.25, -0.2) is 17.5 Å². The SMILES string of the molecule is CC[C@@H](C)NS(=O)(=O)c1cc([N+](=O)[O-])ccc1Oc1c(C)c(C(=O)NCc2ccco2)nn1-c1ccc(F)cc1. The van der Waals surface area contributed by atoms with Gasteiger partial charge >= 0.3 is 0 Å². The van der Waals surface area contributed by atoms with Crippen molar-refractivity contribution in [2.75, 3.05) is 0 Å². The lowest BCUT2D eigenvalue weighted by molar-refractivity contribution is -0.385. The first kappa shape index (κ1) is 28.4. The third kappa shape index (κ3) is 6.18. The van der Waals surface area contributed by atoms with Gasteiger partial charge in [0.1, 0.15) is 22.2 Å². The van der Waals surface area contributed by atoms with Crippen molar-refractivity contribution < 1.29 is 31.7 Å². The van der Waals surface area contributed by atoms with Crippen molar-refractivity contribution in [1.82, 2.24) is 19.8 Å². The molecule has 40 heavy (non-hydrogen) atoms. The highest BCUT2D eigenvalue weighted by Gasteiger charge is 2.28. The van der Waals surface area contributed by atoms with E-state index in [4.69, 9.17) is 9.15 Å². The zero-order valence-corrected chi connectivity index (χ0v) is 22.6. The van der Waals surface area contributed by atoms with Crippen LogP contribution < -0.4 is 14.8 Å². The lowest BCUT2D eigenvalue weighted by Gasteiger charge is -2.16. The van der Waals surface area contributed by atoms with Gasteiger partial charge in [0.25, 0.3) is 11.6 Å². The topological polar surface area (TPSA) is 159 Å². The van der Waals surface area contributed by atoms with E-state index in [2.05, 4.69) is 15.1 Å². The van der Waals surface area contributed by atoms with E-state index in [1.807, 2.05) is 0 Å². The highest BCUT2D eigenvalue weighted by Crippen LogP contribution is 2.36. The molecule has 12 nitrogen and oxygen atoms in total. The van der Waals surface area contributed by atoms with Gasteiger partial charge in [0.05, 0.1) is 23.4 Å². The number of amides is 1. The Morgan fingerprint density at radius 2 is 1.95 bits per heavy atom. The molecule has 0 bridgehead atoms. The molecule has 2 heterocycles. The summed E-state index contributed by atoms with van der Waals surface area (Å²) >= 11 is 0. The highest BCUT2D eigenvalue weighted by molar-refractivity contribution is 7.89. The number of halogens is 1. The Labute approximate surface area is 229 Å². The summed E-state index contributed by atoms with van der Waals surface area (Å²) in [6.45, 7) is 5.05. The Morgan fingerprint density at radius 1 is 1.23 bits per heavy atom. The summed E-state index contributed by atoms with van der Waals surface area (Å²) in [5.41, 5.74) is 0.0417. The van der Waals surface area contributed by atoms with Crippen molar-refractivity contribution in [2.45, 2.75) is 44.7 Å². The first-order valence-corrected chi connectivity index (χ1v) is 13.6. The summed E-state index contributed by atoms with van der Waals surface area (Å²) in [6, 6.07) is 11.2. The Bertz CT molecular complexity index is 1630. The third-order valence-electron chi connectivity index (χ3n) is 5.96. The molecule has 4 aromatic rings. The van der Waals surface area contributed by atoms with Crippen LogP contribution in [0.2, 0.25) is 0 Å². The second-order valence-electron chi connectivity index (χ2n) is 8.85. The standard InChI is InChI=1S/C26H26FN5O7S/c1-4-16(2)30-40(36,37)23-14-20(32(34)35)11-12-22(23)39-26-17(3)24(25(33)28-15-21-6-5-13-38-21)29-31(26)19-9-7-18(27)8-10-19/h5-14,16,30H,4,15H2,1-3H3,(H,28,33)/t16-/m1/s1. The van der Waals surface area contributed by atoms with Gasteiger partial charge in [0.2, 0.25) is 15.9 Å². The van der Waals surface area contributed by atoms with E-state index in [-0.39, 0.29) is 29.4 Å². The van der Waals surface area contributed by atoms with Crippen molar-refractivity contribution in [1.29, 1.82) is 0 Å². The van der Waals surface area contributed by atoms with Crippen molar-refractivity contribution >= 4 is 21.6 Å². The summed E-state index contributed by atoms with van der Waals surface area (Å²) < 4.78 is 55.1. The number of sulfonamides is 1. The number of furan rings is 1. The van der Waals surface area contributed by atoms with Crippen LogP contribution in [-0.2, 0) is 16.6 Å². The van der Waals surface area contributed by atoms with Crippen LogP contribution in [0.3, 0.4) is 0 Å². The maximum Gasteiger partial charge on any atom is 0.272 e. The second kappa shape index (κ2) is 11.7. The molecule has 2 aromatic heterocycles. The number of non-ortho nitro benzene ring substituents is 1. The number of carbonyl (C=O) groups excluding carboxylic acids is 1. The number of benzene rings is 2. The molecular formula is C26H26FN5O7S. The second-order valence-corrected chi connectivity index (χ2v) is 10.5. The number of nitrogens with zero attached hydrogens (tertiary/aromatic N) is 3. The molecular weight excluding hydrogens is 545 g/mol. The number of aromatic nitrogens is 2. The van der Waals surface area contributed by atoms with Crippen molar-refractivity contribution in [3.8, 4) is 17.3 Å². The lowest BCUT2D eigenvalue weighted by Crippen LogP contribution is -2.32. The number of nitro benzene ring substituents is 1. The predicted molar refractivity (Wildman–Crippen MR) is 141 cm³/mol. The van der Waals surface area contributed by atoms with Gasteiger partial charge < -0.3 is 14.5 Å². The van der Waals surface area contributed by atoms with Gasteiger partial charge in [0.15, 0.2) is 5.69 Å². The number of nitro groups is 1. The fourth-order valence-corrected chi connectivity index (χ4v) is 5.13. The number of hydrogen-bond donors (Lipinski definition) is 2. The van der Waals surface area contributed by atoms with Crippen LogP contribution in [0.25, 0.3) is 5.69 Å². The molecule has 0 radical (unpaired) electrons. The number of ether oxygens (including phenoxy) is 1. The van der Waals surface area contributed by atoms with E-state index >= 15 is 0 Å². The number of nitrogens with one attached hydrogen (secondary N) is 2. The quantitative estimate of drug-likeness (QED) is 0.195. The highest BCUT2D eigenvalue weighted by atomic mass is 32.2. The van der Waals surface area contributed by atoms with Crippen LogP contribution in [0.1, 0.15) is 42.1 Å². The molecule has 0 aliphatic heterocycles. The molecule has 1 atom stereocenters. The molecule has 0 aliphatic rings. The molecule has 2 aromatic carbocycles. The Balaban J connectivity index is 1.81. The minimum atomic E-state index is -4.27. The largest absolute Gasteiger partial charge is 0.467 e. The van der Waals surface area contributed by atoms with Crippen molar-refractivity contribution in [2.24, 2.45) is 0 Å². The van der Waals surface area contributed by atoms with Crippen LogP contribution >= 0.6 is 0 Å². The van der Waals surface area contributed by atoms with Crippen molar-refractivity contribution in [3.05, 3.63) is 93.8 Å². The lowest BCUT2D eigenvalue weighted by atomic mass is 10.2. The Kier molecular flexibility index (Phi) is 8.30. The van der Waals surface area contributed by atoms with E-state index in [0.717, 1.165) is 18.2 Å². The Morgan fingerprint density at radius 3 is 2.58 bits per heavy atom. The van der Waals surface area contributed by atoms with Crippen LogP contribution in [0, 0.1) is 22.9 Å². The van der Waals surface area contributed by atoms with E-state index in [1.54, 1.807) is 32.9 Å². The molecule has 210 valence electrons.